The van der Waals surface area contributed by atoms with Crippen molar-refractivity contribution in [1.82, 2.24) is 10.3 Å². The molecule has 1 heterocycles. The van der Waals surface area contributed by atoms with E-state index in [1.807, 2.05) is 13.8 Å². The fourth-order valence-electron chi connectivity index (χ4n) is 2.12. The van der Waals surface area contributed by atoms with E-state index >= 15 is 0 Å². The van der Waals surface area contributed by atoms with E-state index in [9.17, 15) is 4.79 Å². The lowest BCUT2D eigenvalue weighted by Gasteiger charge is -2.28. The predicted molar refractivity (Wildman–Crippen MR) is 77.8 cm³/mol. The molecule has 0 aromatic carbocycles. The summed E-state index contributed by atoms with van der Waals surface area (Å²) in [6.07, 6.45) is 5.60. The van der Waals surface area contributed by atoms with E-state index in [-0.39, 0.29) is 5.97 Å². The van der Waals surface area contributed by atoms with Crippen molar-refractivity contribution < 1.29 is 13.9 Å². The fourth-order valence-corrected chi connectivity index (χ4v) is 2.91. The van der Waals surface area contributed by atoms with Gasteiger partial charge in [-0.05, 0) is 39.5 Å². The molecule has 1 atom stereocenters. The molecule has 0 spiro atoms. The van der Waals surface area contributed by atoms with Crippen molar-refractivity contribution in [2.45, 2.75) is 56.3 Å². The Labute approximate surface area is 123 Å². The molecule has 1 aliphatic carbocycles. The lowest BCUT2D eigenvalue weighted by molar-refractivity contribution is -0.148. The highest BCUT2D eigenvalue weighted by Crippen LogP contribution is 2.27. The number of carbonyl (C=O) groups is 1. The molecule has 0 bridgehead atoms. The van der Waals surface area contributed by atoms with Crippen molar-refractivity contribution in [3.63, 3.8) is 0 Å². The van der Waals surface area contributed by atoms with Gasteiger partial charge in [0.25, 0.3) is 5.22 Å². The van der Waals surface area contributed by atoms with Crippen LogP contribution in [-0.4, -0.2) is 35.4 Å². The maximum absolute atomic E-state index is 11.9. The van der Waals surface area contributed by atoms with Crippen LogP contribution in [0.15, 0.2) is 15.9 Å². The molecule has 6 heteroatoms. The van der Waals surface area contributed by atoms with Gasteiger partial charge in [0, 0.05) is 11.8 Å². The Balaban J connectivity index is 1.77. The summed E-state index contributed by atoms with van der Waals surface area (Å²) < 4.78 is 10.2. The van der Waals surface area contributed by atoms with Gasteiger partial charge in [-0.1, -0.05) is 11.8 Å². The zero-order valence-corrected chi connectivity index (χ0v) is 13.1. The zero-order valence-electron chi connectivity index (χ0n) is 12.3. The molecule has 20 heavy (non-hydrogen) atoms. The average molecular weight is 298 g/mol. The van der Waals surface area contributed by atoms with Crippen LogP contribution in [0.5, 0.6) is 0 Å². The van der Waals surface area contributed by atoms with Gasteiger partial charge in [-0.2, -0.15) is 0 Å². The second kappa shape index (κ2) is 6.63. The Morgan fingerprint density at radius 2 is 2.40 bits per heavy atom. The molecule has 5 nitrogen and oxygen atoms in total. The Bertz CT molecular complexity index is 459. The third kappa shape index (κ3) is 4.24. The van der Waals surface area contributed by atoms with Gasteiger partial charge in [0.15, 0.2) is 0 Å². The van der Waals surface area contributed by atoms with Gasteiger partial charge in [-0.15, -0.1) is 0 Å². The molecule has 1 fully saturated rings. The summed E-state index contributed by atoms with van der Waals surface area (Å²) in [5.74, 6) is 0.695. The quantitative estimate of drug-likeness (QED) is 0.452. The summed E-state index contributed by atoms with van der Waals surface area (Å²) in [5, 5.41) is 4.09. The summed E-state index contributed by atoms with van der Waals surface area (Å²) in [5.41, 5.74) is 0.311. The molecule has 1 aliphatic rings. The number of oxazole rings is 1. The van der Waals surface area contributed by atoms with Gasteiger partial charge >= 0.3 is 5.97 Å². The lowest BCUT2D eigenvalue weighted by atomic mass is 9.96. The van der Waals surface area contributed by atoms with Crippen LogP contribution in [-0.2, 0) is 9.53 Å². The number of aromatic nitrogens is 1. The number of thioether (sulfide) groups is 1. The second-order valence-electron chi connectivity index (χ2n) is 5.45. The van der Waals surface area contributed by atoms with Crippen LogP contribution in [0.1, 0.15) is 38.3 Å². The number of esters is 1. The summed E-state index contributed by atoms with van der Waals surface area (Å²) in [6.45, 7) is 3.83. The number of nitrogens with zero attached hydrogens (tertiary/aromatic N) is 1. The van der Waals surface area contributed by atoms with E-state index in [1.54, 1.807) is 18.0 Å². The fraction of sp³-hybridized carbons (Fsp3) is 0.714. The van der Waals surface area contributed by atoms with Gasteiger partial charge in [0.1, 0.15) is 11.8 Å². The smallest absolute Gasteiger partial charge is 0.325 e. The number of carbonyl (C=O) groups excluding carboxylic acids is 1. The van der Waals surface area contributed by atoms with Crippen LogP contribution >= 0.6 is 11.8 Å². The molecule has 1 aromatic rings. The van der Waals surface area contributed by atoms with E-state index in [0.29, 0.717) is 11.3 Å². The van der Waals surface area contributed by atoms with Crippen molar-refractivity contribution in [3.05, 3.63) is 12.0 Å². The highest BCUT2D eigenvalue weighted by molar-refractivity contribution is 7.99. The molecular formula is C14H22N2O3S. The first-order valence-electron chi connectivity index (χ1n) is 6.94. The van der Waals surface area contributed by atoms with E-state index < -0.39 is 5.54 Å². The van der Waals surface area contributed by atoms with E-state index in [0.717, 1.165) is 37.1 Å². The summed E-state index contributed by atoms with van der Waals surface area (Å²) in [4.78, 5) is 16.2. The molecule has 1 aromatic heterocycles. The predicted octanol–water partition coefficient (Wildman–Crippen LogP) is 2.54. The van der Waals surface area contributed by atoms with Crippen LogP contribution in [0.25, 0.3) is 0 Å². The number of ether oxygens (including phenoxy) is 1. The maximum Gasteiger partial charge on any atom is 0.325 e. The first-order valence-corrected chi connectivity index (χ1v) is 7.93. The van der Waals surface area contributed by atoms with E-state index in [4.69, 9.17) is 9.15 Å². The van der Waals surface area contributed by atoms with Crippen molar-refractivity contribution in [1.29, 1.82) is 0 Å². The zero-order chi connectivity index (χ0) is 14.6. The Morgan fingerprint density at radius 1 is 1.65 bits per heavy atom. The Kier molecular flexibility index (Phi) is 5.10. The van der Waals surface area contributed by atoms with Crippen molar-refractivity contribution in [2.75, 3.05) is 12.9 Å². The molecule has 1 saturated carbocycles. The third-order valence-corrected chi connectivity index (χ3v) is 4.31. The topological polar surface area (TPSA) is 64.4 Å². The number of rotatable bonds is 8. The monoisotopic (exact) mass is 298 g/mol. The van der Waals surface area contributed by atoms with Gasteiger partial charge in [-0.25, -0.2) is 4.98 Å². The van der Waals surface area contributed by atoms with E-state index in [1.165, 1.54) is 7.11 Å². The third-order valence-electron chi connectivity index (χ3n) is 3.38. The average Bonchev–Trinajstić information content (AvgIpc) is 3.14. The van der Waals surface area contributed by atoms with Crippen molar-refractivity contribution in [3.8, 4) is 0 Å². The largest absolute Gasteiger partial charge is 0.468 e. The summed E-state index contributed by atoms with van der Waals surface area (Å²) in [7, 11) is 1.44. The molecule has 0 amide bonds. The number of hydrogen-bond donors (Lipinski definition) is 1. The molecule has 0 saturated heterocycles. The minimum atomic E-state index is -0.580. The number of methoxy groups -OCH3 is 1. The van der Waals surface area contributed by atoms with Gasteiger partial charge in [0.05, 0.1) is 12.8 Å². The molecule has 112 valence electrons. The van der Waals surface area contributed by atoms with Crippen LogP contribution in [0.4, 0.5) is 0 Å². The highest BCUT2D eigenvalue weighted by atomic mass is 32.2. The first-order chi connectivity index (χ1) is 9.53. The minimum Gasteiger partial charge on any atom is -0.468 e. The molecule has 2 rings (SSSR count). The lowest BCUT2D eigenvalue weighted by Crippen LogP contribution is -2.51. The standard InChI is InChI=1S/C14H22N2O3S/c1-10-9-19-13(15-10)20-8-4-7-14(2,12(17)18-3)16-11-5-6-11/h9,11,16H,4-8H2,1-3H3. The minimum absolute atomic E-state index is 0.179. The number of aryl methyl sites for hydroxylation is 1. The molecule has 0 aliphatic heterocycles. The molecule has 1 N–H and O–H groups in total. The summed E-state index contributed by atoms with van der Waals surface area (Å²) in [6, 6.07) is 0.473. The van der Waals surface area contributed by atoms with Crippen LogP contribution in [0.2, 0.25) is 0 Å². The molecule has 1 unspecified atom stereocenters. The van der Waals surface area contributed by atoms with Gasteiger partial charge in [0.2, 0.25) is 0 Å². The van der Waals surface area contributed by atoms with Crippen LogP contribution in [0, 0.1) is 6.92 Å². The number of nitrogens with one attached hydrogen (secondary N) is 1. The molecular weight excluding hydrogens is 276 g/mol. The van der Waals surface area contributed by atoms with Gasteiger partial charge < -0.3 is 9.15 Å². The Hall–Kier alpha value is -1.01. The van der Waals surface area contributed by atoms with Gasteiger partial charge in [-0.3, -0.25) is 10.1 Å². The normalized spacial score (nSPS) is 17.8. The van der Waals surface area contributed by atoms with Crippen molar-refractivity contribution >= 4 is 17.7 Å². The van der Waals surface area contributed by atoms with Crippen LogP contribution in [0.3, 0.4) is 0 Å². The first kappa shape index (κ1) is 15.4. The molecule has 0 radical (unpaired) electrons. The Morgan fingerprint density at radius 3 is 2.95 bits per heavy atom. The van der Waals surface area contributed by atoms with Crippen molar-refractivity contribution in [2.24, 2.45) is 0 Å². The SMILES string of the molecule is COC(=O)C(C)(CCCSc1nc(C)co1)NC1CC1. The maximum atomic E-state index is 11.9. The van der Waals surface area contributed by atoms with Crippen LogP contribution < -0.4 is 5.32 Å². The second-order valence-corrected chi connectivity index (χ2v) is 6.50. The highest BCUT2D eigenvalue weighted by Gasteiger charge is 2.38. The number of hydrogen-bond acceptors (Lipinski definition) is 6. The van der Waals surface area contributed by atoms with E-state index in [2.05, 4.69) is 10.3 Å². The summed E-state index contributed by atoms with van der Waals surface area (Å²) >= 11 is 1.58.